The Kier molecular flexibility index (Phi) is 6.53. The molecule has 3 aromatic carbocycles. The number of carbonyl (C=O) groups is 1. The number of pyridine rings is 1. The van der Waals surface area contributed by atoms with Gasteiger partial charge in [0.05, 0.1) is 22.5 Å². The highest BCUT2D eigenvalue weighted by molar-refractivity contribution is 7.89. The molecule has 0 saturated carbocycles. The van der Waals surface area contributed by atoms with Crippen LogP contribution in [0.4, 0.5) is 0 Å². The summed E-state index contributed by atoms with van der Waals surface area (Å²) in [5.41, 5.74) is 3.43. The molecule has 4 aromatic rings. The first-order chi connectivity index (χ1) is 15.8. The molecule has 33 heavy (non-hydrogen) atoms. The first-order valence-corrected chi connectivity index (χ1v) is 12.0. The number of nitrogens with one attached hydrogen (secondary N) is 1. The number of rotatable bonds is 7. The Hall–Kier alpha value is -3.55. The molecule has 6 nitrogen and oxygen atoms in total. The van der Waals surface area contributed by atoms with Crippen molar-refractivity contribution < 1.29 is 17.9 Å². The molecule has 1 heterocycles. The number of fused-ring (bicyclic) bond motifs is 1. The van der Waals surface area contributed by atoms with Crippen LogP contribution in [-0.4, -0.2) is 25.9 Å². The van der Waals surface area contributed by atoms with Crippen molar-refractivity contribution in [1.29, 1.82) is 0 Å². The molecular formula is C26H24N2O4S. The maximum Gasteiger partial charge on any atom is 0.339 e. The molecule has 4 rings (SSSR count). The van der Waals surface area contributed by atoms with Crippen LogP contribution in [0.5, 0.6) is 0 Å². The lowest BCUT2D eigenvalue weighted by molar-refractivity contribution is 0.0310. The Morgan fingerprint density at radius 1 is 0.939 bits per heavy atom. The Labute approximate surface area is 193 Å². The average molecular weight is 461 g/mol. The van der Waals surface area contributed by atoms with Gasteiger partial charge in [-0.3, -0.25) is 4.98 Å². The molecule has 1 atom stereocenters. The monoisotopic (exact) mass is 460 g/mol. The van der Waals surface area contributed by atoms with E-state index in [1.807, 2.05) is 56.3 Å². The third kappa shape index (κ3) is 5.27. The fourth-order valence-electron chi connectivity index (χ4n) is 3.55. The van der Waals surface area contributed by atoms with Crippen LogP contribution >= 0.6 is 0 Å². The van der Waals surface area contributed by atoms with Crippen LogP contribution in [0.2, 0.25) is 0 Å². The second-order valence-corrected chi connectivity index (χ2v) is 9.56. The first-order valence-electron chi connectivity index (χ1n) is 10.5. The fourth-order valence-corrected chi connectivity index (χ4v) is 4.58. The number of hydrogen-bond acceptors (Lipinski definition) is 5. The lowest BCUT2D eigenvalue weighted by Crippen LogP contribution is -2.30. The van der Waals surface area contributed by atoms with Crippen molar-refractivity contribution in [1.82, 2.24) is 9.71 Å². The van der Waals surface area contributed by atoms with Gasteiger partial charge in [-0.15, -0.1) is 0 Å². The zero-order chi connectivity index (χ0) is 23.4. The molecule has 0 radical (unpaired) electrons. The zero-order valence-electron chi connectivity index (χ0n) is 18.4. The standard InChI is InChI=1S/C26H24N2O4S/c1-18-12-14-21(15-13-18)33(30,31)27-17-25(20-8-4-3-5-9-20)32-26(29)23-16-19(2)28-24-11-7-6-10-22(23)24/h3-16,25,27H,17H2,1-2H3. The number of esters is 1. The zero-order valence-corrected chi connectivity index (χ0v) is 19.2. The van der Waals surface area contributed by atoms with Crippen molar-refractivity contribution in [3.63, 3.8) is 0 Å². The molecule has 7 heteroatoms. The Bertz CT molecular complexity index is 1390. The van der Waals surface area contributed by atoms with Gasteiger partial charge in [0.1, 0.15) is 6.10 Å². The summed E-state index contributed by atoms with van der Waals surface area (Å²) in [7, 11) is -3.77. The van der Waals surface area contributed by atoms with Gasteiger partial charge in [0, 0.05) is 11.1 Å². The van der Waals surface area contributed by atoms with Gasteiger partial charge in [-0.1, -0.05) is 66.2 Å². The van der Waals surface area contributed by atoms with E-state index in [0.29, 0.717) is 27.7 Å². The van der Waals surface area contributed by atoms with Gasteiger partial charge in [0.25, 0.3) is 0 Å². The van der Waals surface area contributed by atoms with Gasteiger partial charge in [-0.25, -0.2) is 17.9 Å². The van der Waals surface area contributed by atoms with Crippen molar-refractivity contribution in [3.8, 4) is 0 Å². The predicted molar refractivity (Wildman–Crippen MR) is 127 cm³/mol. The van der Waals surface area contributed by atoms with Gasteiger partial charge < -0.3 is 4.74 Å². The van der Waals surface area contributed by atoms with Crippen LogP contribution < -0.4 is 4.72 Å². The molecule has 0 saturated heterocycles. The lowest BCUT2D eigenvalue weighted by Gasteiger charge is -2.20. The van der Waals surface area contributed by atoms with E-state index in [-0.39, 0.29) is 11.4 Å². The van der Waals surface area contributed by atoms with Gasteiger partial charge in [-0.2, -0.15) is 0 Å². The topological polar surface area (TPSA) is 85.4 Å². The molecule has 0 aliphatic carbocycles. The Morgan fingerprint density at radius 2 is 1.61 bits per heavy atom. The highest BCUT2D eigenvalue weighted by Crippen LogP contribution is 2.24. The smallest absolute Gasteiger partial charge is 0.339 e. The Morgan fingerprint density at radius 3 is 2.33 bits per heavy atom. The van der Waals surface area contributed by atoms with Gasteiger partial charge in [0.15, 0.2) is 0 Å². The van der Waals surface area contributed by atoms with Crippen LogP contribution in [0.3, 0.4) is 0 Å². The molecule has 0 aliphatic rings. The molecule has 1 aromatic heterocycles. The minimum Gasteiger partial charge on any atom is -0.452 e. The van der Waals surface area contributed by atoms with Crippen molar-refractivity contribution in [3.05, 3.63) is 107 Å². The number of benzene rings is 3. The summed E-state index contributed by atoms with van der Waals surface area (Å²) in [6.07, 6.45) is -0.814. The van der Waals surface area contributed by atoms with Crippen molar-refractivity contribution >= 4 is 26.9 Å². The number of aromatic nitrogens is 1. The maximum absolute atomic E-state index is 13.2. The summed E-state index contributed by atoms with van der Waals surface area (Å²) < 4.78 is 34.0. The van der Waals surface area contributed by atoms with Crippen LogP contribution in [0, 0.1) is 13.8 Å². The molecule has 0 bridgehead atoms. The average Bonchev–Trinajstić information content (AvgIpc) is 2.82. The predicted octanol–water partition coefficient (Wildman–Crippen LogP) is 4.73. The summed E-state index contributed by atoms with van der Waals surface area (Å²) in [6.45, 7) is 3.60. The molecule has 1 unspecified atom stereocenters. The maximum atomic E-state index is 13.2. The van der Waals surface area contributed by atoms with Crippen molar-refractivity contribution in [2.24, 2.45) is 0 Å². The van der Waals surface area contributed by atoms with E-state index < -0.39 is 22.1 Å². The molecule has 0 amide bonds. The van der Waals surface area contributed by atoms with E-state index in [1.54, 1.807) is 42.5 Å². The number of hydrogen-bond donors (Lipinski definition) is 1. The summed E-state index contributed by atoms with van der Waals surface area (Å²) >= 11 is 0. The number of aryl methyl sites for hydroxylation is 2. The van der Waals surface area contributed by atoms with E-state index in [2.05, 4.69) is 9.71 Å². The molecule has 0 aliphatic heterocycles. The van der Waals surface area contributed by atoms with E-state index in [0.717, 1.165) is 5.56 Å². The minimum absolute atomic E-state index is 0.103. The normalized spacial score (nSPS) is 12.4. The van der Waals surface area contributed by atoms with E-state index in [1.165, 1.54) is 0 Å². The number of para-hydroxylation sites is 1. The van der Waals surface area contributed by atoms with E-state index >= 15 is 0 Å². The second kappa shape index (κ2) is 9.52. The number of ether oxygens (including phenoxy) is 1. The minimum atomic E-state index is -3.77. The number of carbonyl (C=O) groups excluding carboxylic acids is 1. The molecular weight excluding hydrogens is 436 g/mol. The molecule has 1 N–H and O–H groups in total. The molecule has 0 spiro atoms. The number of sulfonamides is 1. The van der Waals surface area contributed by atoms with Crippen LogP contribution in [0.1, 0.15) is 33.3 Å². The summed E-state index contributed by atoms with van der Waals surface area (Å²) in [5, 5.41) is 0.681. The molecule has 0 fully saturated rings. The summed E-state index contributed by atoms with van der Waals surface area (Å²) in [6, 6.07) is 24.7. The largest absolute Gasteiger partial charge is 0.452 e. The van der Waals surface area contributed by atoms with Crippen LogP contribution in [-0.2, 0) is 14.8 Å². The SMILES string of the molecule is Cc1ccc(S(=O)(=O)NCC(OC(=O)c2cc(C)nc3ccccc23)c2ccccc2)cc1. The highest BCUT2D eigenvalue weighted by atomic mass is 32.2. The lowest BCUT2D eigenvalue weighted by atomic mass is 10.1. The first kappa shape index (κ1) is 22.6. The summed E-state index contributed by atoms with van der Waals surface area (Å²) in [4.78, 5) is 17.8. The third-order valence-corrected chi connectivity index (χ3v) is 6.71. The second-order valence-electron chi connectivity index (χ2n) is 7.80. The van der Waals surface area contributed by atoms with Crippen molar-refractivity contribution in [2.75, 3.05) is 6.54 Å². The van der Waals surface area contributed by atoms with E-state index in [9.17, 15) is 13.2 Å². The van der Waals surface area contributed by atoms with Gasteiger partial charge in [0.2, 0.25) is 10.0 Å². The fraction of sp³-hybridized carbons (Fsp3) is 0.154. The quantitative estimate of drug-likeness (QED) is 0.403. The van der Waals surface area contributed by atoms with Gasteiger partial charge in [-0.05, 0) is 43.7 Å². The highest BCUT2D eigenvalue weighted by Gasteiger charge is 2.23. The number of nitrogens with zero attached hydrogens (tertiary/aromatic N) is 1. The molecule has 168 valence electrons. The van der Waals surface area contributed by atoms with Crippen LogP contribution in [0.25, 0.3) is 10.9 Å². The van der Waals surface area contributed by atoms with Gasteiger partial charge >= 0.3 is 5.97 Å². The third-order valence-electron chi connectivity index (χ3n) is 5.27. The van der Waals surface area contributed by atoms with E-state index in [4.69, 9.17) is 4.74 Å². The van der Waals surface area contributed by atoms with Crippen molar-refractivity contribution in [2.45, 2.75) is 24.8 Å². The van der Waals surface area contributed by atoms with Crippen LogP contribution in [0.15, 0.2) is 89.8 Å². The Balaban J connectivity index is 1.61. The summed E-state index contributed by atoms with van der Waals surface area (Å²) in [5.74, 6) is -0.542.